The van der Waals surface area contributed by atoms with E-state index in [1.807, 2.05) is 49.1 Å². The van der Waals surface area contributed by atoms with Crippen LogP contribution in [0.2, 0.25) is 0 Å². The highest BCUT2D eigenvalue weighted by atomic mass is 16.5. The number of rotatable bonds is 4. The third kappa shape index (κ3) is 3.55. The van der Waals surface area contributed by atoms with Crippen molar-refractivity contribution in [1.29, 1.82) is 0 Å². The number of methoxy groups -OCH3 is 1. The van der Waals surface area contributed by atoms with Crippen molar-refractivity contribution in [3.8, 4) is 5.75 Å². The van der Waals surface area contributed by atoms with Gasteiger partial charge in [-0.1, -0.05) is 45.4 Å². The van der Waals surface area contributed by atoms with E-state index in [0.29, 0.717) is 6.54 Å². The molecule has 1 aliphatic rings. The molecule has 23 heavy (non-hydrogen) atoms. The van der Waals surface area contributed by atoms with Crippen molar-refractivity contribution < 1.29 is 9.53 Å². The normalized spacial score (nSPS) is 12.5. The molecule has 0 aromatic heterocycles. The maximum absolute atomic E-state index is 12.5. The fourth-order valence-electron chi connectivity index (χ4n) is 2.75. The second kappa shape index (κ2) is 7.82. The lowest BCUT2D eigenvalue weighted by molar-refractivity contribution is 0.0996. The van der Waals surface area contributed by atoms with Gasteiger partial charge in [0.1, 0.15) is 5.75 Å². The fourth-order valence-corrected chi connectivity index (χ4v) is 2.75. The van der Waals surface area contributed by atoms with Gasteiger partial charge in [0.05, 0.1) is 13.7 Å². The molecule has 3 heteroatoms. The first-order valence-electron chi connectivity index (χ1n) is 8.30. The second-order valence-electron chi connectivity index (χ2n) is 5.33. The van der Waals surface area contributed by atoms with E-state index in [1.54, 1.807) is 7.11 Å². The number of benzene rings is 2. The van der Waals surface area contributed by atoms with E-state index in [2.05, 4.69) is 19.1 Å². The van der Waals surface area contributed by atoms with Crippen molar-refractivity contribution in [3.63, 3.8) is 0 Å². The predicted octanol–water partition coefficient (Wildman–Crippen LogP) is 4.83. The highest BCUT2D eigenvalue weighted by Crippen LogP contribution is 2.30. The molecular formula is C20H25NO2. The smallest absolute Gasteiger partial charge is 0.259 e. The Morgan fingerprint density at radius 3 is 2.39 bits per heavy atom. The number of nitrogens with zero attached hydrogens (tertiary/aromatic N) is 1. The fraction of sp³-hybridized carbons (Fsp3) is 0.350. The largest absolute Gasteiger partial charge is 0.497 e. The summed E-state index contributed by atoms with van der Waals surface area (Å²) in [5.74, 6) is 0.773. The first-order chi connectivity index (χ1) is 11.2. The zero-order valence-corrected chi connectivity index (χ0v) is 14.4. The quantitative estimate of drug-likeness (QED) is 0.809. The number of fused-ring (bicyclic) bond motifs is 1. The molecule has 2 aromatic carbocycles. The highest BCUT2D eigenvalue weighted by molar-refractivity contribution is 6.10. The standard InChI is InChI=1S/C18H19NO2.C2H6/c1-3-4-13-5-8-15(9-6-13)19-12-14-7-10-16(21-2)11-17(14)18(19)20;1-2/h5-11H,3-4,12H2,1-2H3;1-2H3. The second-order valence-corrected chi connectivity index (χ2v) is 5.33. The van der Waals surface area contributed by atoms with Gasteiger partial charge in [-0.3, -0.25) is 4.79 Å². The highest BCUT2D eigenvalue weighted by Gasteiger charge is 2.28. The van der Waals surface area contributed by atoms with E-state index in [-0.39, 0.29) is 5.91 Å². The average molecular weight is 311 g/mol. The summed E-state index contributed by atoms with van der Waals surface area (Å²) in [6.45, 7) is 6.80. The van der Waals surface area contributed by atoms with Crippen LogP contribution in [-0.4, -0.2) is 13.0 Å². The molecule has 0 N–H and O–H groups in total. The molecule has 0 saturated carbocycles. The van der Waals surface area contributed by atoms with Crippen LogP contribution in [0.15, 0.2) is 42.5 Å². The SMILES string of the molecule is CC.CCCc1ccc(N2Cc3ccc(OC)cc3C2=O)cc1. The first kappa shape index (κ1) is 17.1. The summed E-state index contributed by atoms with van der Waals surface area (Å²) in [5.41, 5.74) is 4.06. The Labute approximate surface area is 138 Å². The minimum atomic E-state index is 0.0483. The Kier molecular flexibility index (Phi) is 5.80. The zero-order valence-electron chi connectivity index (χ0n) is 14.4. The lowest BCUT2D eigenvalue weighted by atomic mass is 10.1. The topological polar surface area (TPSA) is 29.5 Å². The van der Waals surface area contributed by atoms with Gasteiger partial charge in [0, 0.05) is 11.3 Å². The van der Waals surface area contributed by atoms with E-state index < -0.39 is 0 Å². The summed E-state index contributed by atoms with van der Waals surface area (Å²) in [5, 5.41) is 0. The molecule has 1 heterocycles. The van der Waals surface area contributed by atoms with Crippen LogP contribution in [0.25, 0.3) is 0 Å². The first-order valence-corrected chi connectivity index (χ1v) is 8.30. The summed E-state index contributed by atoms with van der Waals surface area (Å²) in [4.78, 5) is 14.4. The van der Waals surface area contributed by atoms with Gasteiger partial charge in [-0.2, -0.15) is 0 Å². The van der Waals surface area contributed by atoms with Crippen molar-refractivity contribution in [2.75, 3.05) is 12.0 Å². The number of carbonyl (C=O) groups is 1. The molecule has 1 amide bonds. The summed E-state index contributed by atoms with van der Waals surface area (Å²) >= 11 is 0. The summed E-state index contributed by atoms with van der Waals surface area (Å²) in [6, 6.07) is 14.0. The zero-order chi connectivity index (χ0) is 16.8. The molecule has 0 bridgehead atoms. The molecule has 0 unspecified atom stereocenters. The molecule has 122 valence electrons. The van der Waals surface area contributed by atoms with Gasteiger partial charge in [0.15, 0.2) is 0 Å². The molecule has 0 saturated heterocycles. The van der Waals surface area contributed by atoms with Crippen LogP contribution in [0, 0.1) is 0 Å². The molecular weight excluding hydrogens is 286 g/mol. The van der Waals surface area contributed by atoms with E-state index in [0.717, 1.165) is 35.4 Å². The van der Waals surface area contributed by atoms with Crippen LogP contribution in [0.5, 0.6) is 5.75 Å². The number of hydrogen-bond acceptors (Lipinski definition) is 2. The lowest BCUT2D eigenvalue weighted by Gasteiger charge is -2.16. The van der Waals surface area contributed by atoms with Gasteiger partial charge in [0.25, 0.3) is 5.91 Å². The average Bonchev–Trinajstić information content (AvgIpc) is 2.94. The van der Waals surface area contributed by atoms with E-state index in [4.69, 9.17) is 4.74 Å². The summed E-state index contributed by atoms with van der Waals surface area (Å²) < 4.78 is 5.20. The van der Waals surface area contributed by atoms with Crippen molar-refractivity contribution in [1.82, 2.24) is 0 Å². The molecule has 0 aliphatic carbocycles. The molecule has 0 atom stereocenters. The van der Waals surface area contributed by atoms with Crippen molar-refractivity contribution in [2.45, 2.75) is 40.2 Å². The molecule has 0 spiro atoms. The number of aryl methyl sites for hydroxylation is 1. The Morgan fingerprint density at radius 2 is 1.78 bits per heavy atom. The third-order valence-electron chi connectivity index (χ3n) is 3.91. The number of amides is 1. The Hall–Kier alpha value is -2.29. The monoisotopic (exact) mass is 311 g/mol. The number of hydrogen-bond donors (Lipinski definition) is 0. The van der Waals surface area contributed by atoms with Crippen LogP contribution in [0.3, 0.4) is 0 Å². The number of carbonyl (C=O) groups excluding carboxylic acids is 1. The summed E-state index contributed by atoms with van der Waals surface area (Å²) in [6.07, 6.45) is 2.21. The molecule has 1 aliphatic heterocycles. The Balaban J connectivity index is 0.000000924. The van der Waals surface area contributed by atoms with Crippen molar-refractivity contribution in [2.24, 2.45) is 0 Å². The van der Waals surface area contributed by atoms with E-state index >= 15 is 0 Å². The van der Waals surface area contributed by atoms with Gasteiger partial charge in [-0.15, -0.1) is 0 Å². The van der Waals surface area contributed by atoms with Crippen LogP contribution >= 0.6 is 0 Å². The molecule has 3 rings (SSSR count). The maximum atomic E-state index is 12.5. The van der Waals surface area contributed by atoms with Gasteiger partial charge < -0.3 is 9.64 Å². The molecule has 0 fully saturated rings. The predicted molar refractivity (Wildman–Crippen MR) is 95.3 cm³/mol. The van der Waals surface area contributed by atoms with Gasteiger partial charge in [-0.25, -0.2) is 0 Å². The minimum absolute atomic E-state index is 0.0483. The van der Waals surface area contributed by atoms with Gasteiger partial charge in [-0.05, 0) is 41.8 Å². The van der Waals surface area contributed by atoms with Crippen LogP contribution in [-0.2, 0) is 13.0 Å². The van der Waals surface area contributed by atoms with Crippen molar-refractivity contribution in [3.05, 3.63) is 59.2 Å². The van der Waals surface area contributed by atoms with Crippen molar-refractivity contribution >= 4 is 11.6 Å². The third-order valence-corrected chi connectivity index (χ3v) is 3.91. The number of anilines is 1. The lowest BCUT2D eigenvalue weighted by Crippen LogP contribution is -2.22. The van der Waals surface area contributed by atoms with E-state index in [9.17, 15) is 4.79 Å². The Bertz CT molecular complexity index is 662. The van der Waals surface area contributed by atoms with Crippen LogP contribution in [0.1, 0.15) is 48.7 Å². The molecule has 2 aromatic rings. The van der Waals surface area contributed by atoms with Crippen LogP contribution in [0.4, 0.5) is 5.69 Å². The van der Waals surface area contributed by atoms with Gasteiger partial charge in [0.2, 0.25) is 0 Å². The Morgan fingerprint density at radius 1 is 1.09 bits per heavy atom. The maximum Gasteiger partial charge on any atom is 0.259 e. The molecule has 3 nitrogen and oxygen atoms in total. The van der Waals surface area contributed by atoms with E-state index in [1.165, 1.54) is 5.56 Å². The number of ether oxygens (including phenoxy) is 1. The molecule has 0 radical (unpaired) electrons. The summed E-state index contributed by atoms with van der Waals surface area (Å²) in [7, 11) is 1.62. The van der Waals surface area contributed by atoms with Gasteiger partial charge >= 0.3 is 0 Å². The van der Waals surface area contributed by atoms with Crippen LogP contribution < -0.4 is 9.64 Å². The minimum Gasteiger partial charge on any atom is -0.497 e.